The van der Waals surface area contributed by atoms with Gasteiger partial charge in [-0.1, -0.05) is 45.7 Å². The fourth-order valence-electron chi connectivity index (χ4n) is 4.91. The Hall–Kier alpha value is -1.56. The SMILES string of the molecule is CCCCSc1cc(CCCC)cc(CN2CCC[C@@H]2CN(CCC)Cc2ccccn2)c1O. The van der Waals surface area contributed by atoms with Crippen LogP contribution in [0.5, 0.6) is 5.75 Å². The van der Waals surface area contributed by atoms with E-state index in [1.165, 1.54) is 44.1 Å². The van der Waals surface area contributed by atoms with Gasteiger partial charge in [-0.05, 0) is 81.1 Å². The van der Waals surface area contributed by atoms with Crippen LogP contribution in [-0.2, 0) is 19.5 Å². The summed E-state index contributed by atoms with van der Waals surface area (Å²) in [6.07, 6.45) is 11.4. The van der Waals surface area contributed by atoms with Crippen LogP contribution in [-0.4, -0.2) is 51.3 Å². The van der Waals surface area contributed by atoms with Gasteiger partial charge in [0.15, 0.2) is 0 Å². The van der Waals surface area contributed by atoms with E-state index < -0.39 is 0 Å². The van der Waals surface area contributed by atoms with E-state index in [1.807, 2.05) is 24.0 Å². The predicted molar refractivity (Wildman–Crippen MR) is 146 cm³/mol. The maximum absolute atomic E-state index is 11.2. The number of thioether (sulfide) groups is 1. The lowest BCUT2D eigenvalue weighted by atomic mass is 10.0. The van der Waals surface area contributed by atoms with Gasteiger partial charge in [0.1, 0.15) is 5.75 Å². The van der Waals surface area contributed by atoms with Crippen molar-refractivity contribution in [3.8, 4) is 5.75 Å². The molecule has 1 N–H and O–H groups in total. The Labute approximate surface area is 212 Å². The highest BCUT2D eigenvalue weighted by molar-refractivity contribution is 7.99. The van der Waals surface area contributed by atoms with Crippen LogP contribution in [0.4, 0.5) is 0 Å². The summed E-state index contributed by atoms with van der Waals surface area (Å²) in [5, 5.41) is 11.2. The van der Waals surface area contributed by atoms with Crippen molar-refractivity contribution < 1.29 is 5.11 Å². The summed E-state index contributed by atoms with van der Waals surface area (Å²) in [7, 11) is 0. The Morgan fingerprint density at radius 3 is 2.71 bits per heavy atom. The van der Waals surface area contributed by atoms with Crippen LogP contribution in [0.3, 0.4) is 0 Å². The van der Waals surface area contributed by atoms with Gasteiger partial charge in [0.05, 0.1) is 5.69 Å². The number of likely N-dealkylation sites (tertiary alicyclic amines) is 1. The number of pyridine rings is 1. The largest absolute Gasteiger partial charge is 0.506 e. The summed E-state index contributed by atoms with van der Waals surface area (Å²) in [4.78, 5) is 10.8. The highest BCUT2D eigenvalue weighted by atomic mass is 32.2. The molecular weight excluding hydrogens is 438 g/mol. The number of unbranched alkanes of at least 4 members (excludes halogenated alkanes) is 2. The lowest BCUT2D eigenvalue weighted by Gasteiger charge is -2.31. The first-order valence-corrected chi connectivity index (χ1v) is 14.5. The molecule has 34 heavy (non-hydrogen) atoms. The molecule has 2 heterocycles. The van der Waals surface area contributed by atoms with Crippen molar-refractivity contribution in [1.82, 2.24) is 14.8 Å². The number of phenolic OH excluding ortho intramolecular Hbond substituents is 1. The van der Waals surface area contributed by atoms with E-state index in [9.17, 15) is 5.11 Å². The maximum Gasteiger partial charge on any atom is 0.133 e. The minimum Gasteiger partial charge on any atom is -0.506 e. The smallest absolute Gasteiger partial charge is 0.133 e. The summed E-state index contributed by atoms with van der Waals surface area (Å²) in [5.41, 5.74) is 3.65. The topological polar surface area (TPSA) is 39.6 Å². The number of aromatic nitrogens is 1. The zero-order chi connectivity index (χ0) is 24.2. The molecule has 1 fully saturated rings. The quantitative estimate of drug-likeness (QED) is 0.220. The number of aryl methyl sites for hydroxylation is 1. The number of nitrogens with zero attached hydrogens (tertiary/aromatic N) is 3. The predicted octanol–water partition coefficient (Wildman–Crippen LogP) is 6.90. The Balaban J connectivity index is 1.72. The van der Waals surface area contributed by atoms with Gasteiger partial charge in [0, 0.05) is 42.3 Å². The fourth-order valence-corrected chi connectivity index (χ4v) is 6.07. The van der Waals surface area contributed by atoms with E-state index in [4.69, 9.17) is 0 Å². The van der Waals surface area contributed by atoms with Crippen molar-refractivity contribution >= 4 is 11.8 Å². The van der Waals surface area contributed by atoms with Crippen LogP contribution < -0.4 is 0 Å². The molecular formula is C29H45N3OS. The highest BCUT2D eigenvalue weighted by Crippen LogP contribution is 2.36. The normalized spacial score (nSPS) is 16.5. The van der Waals surface area contributed by atoms with Crippen molar-refractivity contribution in [2.45, 2.75) is 96.2 Å². The fraction of sp³-hybridized carbons (Fsp3) is 0.621. The summed E-state index contributed by atoms with van der Waals surface area (Å²) in [6.45, 7) is 11.8. The average Bonchev–Trinajstić information content (AvgIpc) is 3.27. The minimum absolute atomic E-state index is 0.519. The molecule has 1 aliphatic heterocycles. The zero-order valence-electron chi connectivity index (χ0n) is 21.6. The number of benzene rings is 1. The lowest BCUT2D eigenvalue weighted by Crippen LogP contribution is -2.40. The first-order chi connectivity index (χ1) is 16.6. The third-order valence-corrected chi connectivity index (χ3v) is 7.90. The van der Waals surface area contributed by atoms with Gasteiger partial charge in [-0.2, -0.15) is 0 Å². The number of rotatable bonds is 15. The first-order valence-electron chi connectivity index (χ1n) is 13.5. The monoisotopic (exact) mass is 483 g/mol. The lowest BCUT2D eigenvalue weighted by molar-refractivity contribution is 0.159. The number of aromatic hydroxyl groups is 1. The molecule has 0 unspecified atom stereocenters. The summed E-state index contributed by atoms with van der Waals surface area (Å²) >= 11 is 1.83. The van der Waals surface area contributed by atoms with Crippen molar-refractivity contribution in [3.05, 3.63) is 53.3 Å². The Bertz CT molecular complexity index is 845. The molecule has 0 amide bonds. The summed E-state index contributed by atoms with van der Waals surface area (Å²) in [5.74, 6) is 1.60. The molecule has 2 aromatic rings. The number of phenols is 1. The molecule has 5 heteroatoms. The molecule has 1 saturated heterocycles. The van der Waals surface area contributed by atoms with E-state index in [-0.39, 0.29) is 0 Å². The van der Waals surface area contributed by atoms with E-state index in [1.54, 1.807) is 0 Å². The van der Waals surface area contributed by atoms with E-state index in [0.717, 1.165) is 67.5 Å². The van der Waals surface area contributed by atoms with Crippen LogP contribution in [0.15, 0.2) is 41.4 Å². The van der Waals surface area contributed by atoms with Gasteiger partial charge in [-0.3, -0.25) is 14.8 Å². The third kappa shape index (κ3) is 8.28. The van der Waals surface area contributed by atoms with Gasteiger partial charge in [0.25, 0.3) is 0 Å². The third-order valence-electron chi connectivity index (χ3n) is 6.78. The molecule has 1 aromatic carbocycles. The molecule has 1 aromatic heterocycles. The second-order valence-corrected chi connectivity index (χ2v) is 10.9. The van der Waals surface area contributed by atoms with Gasteiger partial charge >= 0.3 is 0 Å². The van der Waals surface area contributed by atoms with Crippen LogP contribution >= 0.6 is 11.8 Å². The molecule has 188 valence electrons. The van der Waals surface area contributed by atoms with Gasteiger partial charge < -0.3 is 5.11 Å². The molecule has 3 rings (SSSR count). The van der Waals surface area contributed by atoms with Crippen molar-refractivity contribution in [3.63, 3.8) is 0 Å². The molecule has 1 atom stereocenters. The Morgan fingerprint density at radius 2 is 1.97 bits per heavy atom. The van der Waals surface area contributed by atoms with Crippen LogP contribution in [0.1, 0.15) is 82.5 Å². The second kappa shape index (κ2) is 14.8. The zero-order valence-corrected chi connectivity index (χ0v) is 22.5. The number of hydrogen-bond acceptors (Lipinski definition) is 5. The summed E-state index contributed by atoms with van der Waals surface area (Å²) in [6, 6.07) is 11.3. The van der Waals surface area contributed by atoms with E-state index in [2.05, 4.69) is 59.8 Å². The molecule has 4 nitrogen and oxygen atoms in total. The molecule has 0 radical (unpaired) electrons. The molecule has 0 saturated carbocycles. The van der Waals surface area contributed by atoms with Gasteiger partial charge in [-0.15, -0.1) is 11.8 Å². The van der Waals surface area contributed by atoms with Crippen molar-refractivity contribution in [1.29, 1.82) is 0 Å². The van der Waals surface area contributed by atoms with E-state index in [0.29, 0.717) is 11.8 Å². The molecule has 0 spiro atoms. The first kappa shape index (κ1) is 27.0. The van der Waals surface area contributed by atoms with Gasteiger partial charge in [0.2, 0.25) is 0 Å². The van der Waals surface area contributed by atoms with Crippen molar-refractivity contribution in [2.75, 3.05) is 25.4 Å². The van der Waals surface area contributed by atoms with Crippen LogP contribution in [0.2, 0.25) is 0 Å². The Morgan fingerprint density at radius 1 is 1.12 bits per heavy atom. The summed E-state index contributed by atoms with van der Waals surface area (Å²) < 4.78 is 0. The molecule has 1 aliphatic rings. The maximum atomic E-state index is 11.2. The number of hydrogen-bond donors (Lipinski definition) is 1. The minimum atomic E-state index is 0.519. The van der Waals surface area contributed by atoms with Gasteiger partial charge in [-0.25, -0.2) is 0 Å². The second-order valence-electron chi connectivity index (χ2n) is 9.73. The van der Waals surface area contributed by atoms with Crippen LogP contribution in [0, 0.1) is 0 Å². The standard InChI is InChI=1S/C29H45N3OS/c1-4-7-12-24-19-25(29(33)28(20-24)34-18-8-5-2)21-32-17-11-14-27(32)23-31(16-6-3)22-26-13-9-10-15-30-26/h9-10,13,15,19-20,27,33H,4-8,11-12,14,16-18,21-23H2,1-3H3/t27-/m1/s1. The van der Waals surface area contributed by atoms with Crippen LogP contribution in [0.25, 0.3) is 0 Å². The average molecular weight is 484 g/mol. The highest BCUT2D eigenvalue weighted by Gasteiger charge is 2.27. The molecule has 0 aliphatic carbocycles. The molecule has 0 bridgehead atoms. The van der Waals surface area contributed by atoms with Crippen molar-refractivity contribution in [2.24, 2.45) is 0 Å². The van der Waals surface area contributed by atoms with E-state index >= 15 is 0 Å². The Kier molecular flexibility index (Phi) is 11.7.